The molecule has 0 aromatic rings. The van der Waals surface area contributed by atoms with Gasteiger partial charge in [-0.15, -0.1) is 0 Å². The van der Waals surface area contributed by atoms with Gasteiger partial charge in [-0.05, 0) is 27.7 Å². The summed E-state index contributed by atoms with van der Waals surface area (Å²) in [5.41, 5.74) is -0.986. The zero-order valence-electron chi connectivity index (χ0n) is 9.90. The Morgan fingerprint density at radius 2 is 1.87 bits per heavy atom. The van der Waals surface area contributed by atoms with Crippen LogP contribution in [-0.2, 0) is 14.3 Å². The van der Waals surface area contributed by atoms with E-state index in [1.165, 1.54) is 12.0 Å². The van der Waals surface area contributed by atoms with Gasteiger partial charge in [-0.2, -0.15) is 0 Å². The van der Waals surface area contributed by atoms with Gasteiger partial charge in [-0.1, -0.05) is 0 Å². The number of carboxylic acid groups (broad SMARTS) is 1. The SMILES string of the molecule is COC(C)(C)C(=O)N(CC(=O)O)C(C)C. The lowest BCUT2D eigenvalue weighted by Gasteiger charge is -2.32. The third kappa shape index (κ3) is 3.87. The number of aliphatic carboxylic acids is 1. The number of carbonyl (C=O) groups is 2. The summed E-state index contributed by atoms with van der Waals surface area (Å²) in [7, 11) is 1.43. The van der Waals surface area contributed by atoms with E-state index in [9.17, 15) is 9.59 Å². The maximum atomic E-state index is 11.9. The lowest BCUT2D eigenvalue weighted by molar-refractivity contribution is -0.157. The van der Waals surface area contributed by atoms with E-state index in [-0.39, 0.29) is 18.5 Å². The van der Waals surface area contributed by atoms with Gasteiger partial charge in [0, 0.05) is 13.2 Å². The molecule has 0 unspecified atom stereocenters. The summed E-state index contributed by atoms with van der Waals surface area (Å²) in [6.45, 7) is 6.47. The molecule has 1 N–H and O–H groups in total. The van der Waals surface area contributed by atoms with E-state index in [0.29, 0.717) is 0 Å². The Morgan fingerprint density at radius 3 is 2.13 bits per heavy atom. The normalized spacial score (nSPS) is 11.6. The molecule has 0 heterocycles. The standard InChI is InChI=1S/C10H19NO4/c1-7(2)11(6-8(12)13)9(14)10(3,4)15-5/h7H,6H2,1-5H3,(H,12,13). The minimum absolute atomic E-state index is 0.164. The third-order valence-corrected chi connectivity index (χ3v) is 2.22. The first kappa shape index (κ1) is 13.9. The van der Waals surface area contributed by atoms with Crippen LogP contribution in [0.25, 0.3) is 0 Å². The summed E-state index contributed by atoms with van der Waals surface area (Å²) in [5, 5.41) is 8.69. The van der Waals surface area contributed by atoms with Crippen molar-refractivity contribution in [2.75, 3.05) is 13.7 Å². The number of carbonyl (C=O) groups excluding carboxylic acids is 1. The van der Waals surface area contributed by atoms with Crippen molar-refractivity contribution >= 4 is 11.9 Å². The van der Waals surface area contributed by atoms with Crippen molar-refractivity contribution in [1.29, 1.82) is 0 Å². The molecule has 0 saturated carbocycles. The molecule has 0 fully saturated rings. The van der Waals surface area contributed by atoms with Crippen molar-refractivity contribution in [1.82, 2.24) is 4.90 Å². The van der Waals surface area contributed by atoms with Gasteiger partial charge in [-0.25, -0.2) is 0 Å². The minimum Gasteiger partial charge on any atom is -0.480 e. The Kier molecular flexibility index (Phi) is 4.74. The summed E-state index contributed by atoms with van der Waals surface area (Å²) >= 11 is 0. The number of ether oxygens (including phenoxy) is 1. The van der Waals surface area contributed by atoms with Crippen LogP contribution in [-0.4, -0.2) is 47.2 Å². The summed E-state index contributed by atoms with van der Waals surface area (Å²) in [5.74, 6) is -1.34. The molecule has 0 aromatic carbocycles. The van der Waals surface area contributed by atoms with Crippen LogP contribution >= 0.6 is 0 Å². The Labute approximate surface area is 90.0 Å². The largest absolute Gasteiger partial charge is 0.480 e. The second-order valence-electron chi connectivity index (χ2n) is 4.13. The van der Waals surface area contributed by atoms with Crippen molar-refractivity contribution in [3.05, 3.63) is 0 Å². The van der Waals surface area contributed by atoms with Gasteiger partial charge in [-0.3, -0.25) is 9.59 Å². The topological polar surface area (TPSA) is 66.8 Å². The fourth-order valence-electron chi connectivity index (χ4n) is 1.07. The van der Waals surface area contributed by atoms with Crippen LogP contribution in [0.3, 0.4) is 0 Å². The molecule has 0 spiro atoms. The first-order chi connectivity index (χ1) is 6.72. The highest BCUT2D eigenvalue weighted by Crippen LogP contribution is 2.14. The highest BCUT2D eigenvalue weighted by Gasteiger charge is 2.33. The molecule has 0 saturated heterocycles. The number of methoxy groups -OCH3 is 1. The van der Waals surface area contributed by atoms with Crippen molar-refractivity contribution in [2.24, 2.45) is 0 Å². The fraction of sp³-hybridized carbons (Fsp3) is 0.800. The fourth-order valence-corrected chi connectivity index (χ4v) is 1.07. The summed E-state index contributed by atoms with van der Waals surface area (Å²) < 4.78 is 5.03. The molecule has 0 radical (unpaired) electrons. The van der Waals surface area contributed by atoms with E-state index in [1.54, 1.807) is 27.7 Å². The molecule has 0 aliphatic heterocycles. The molecule has 0 aromatic heterocycles. The van der Waals surface area contributed by atoms with Crippen LogP contribution in [0.4, 0.5) is 0 Å². The van der Waals surface area contributed by atoms with E-state index >= 15 is 0 Å². The van der Waals surface area contributed by atoms with Gasteiger partial charge in [0.05, 0.1) is 0 Å². The molecule has 0 aliphatic rings. The quantitative estimate of drug-likeness (QED) is 0.737. The second-order valence-corrected chi connectivity index (χ2v) is 4.13. The second kappa shape index (κ2) is 5.11. The van der Waals surface area contributed by atoms with Crippen LogP contribution in [0.2, 0.25) is 0 Å². The smallest absolute Gasteiger partial charge is 0.323 e. The van der Waals surface area contributed by atoms with Crippen molar-refractivity contribution in [3.63, 3.8) is 0 Å². The van der Waals surface area contributed by atoms with Crippen LogP contribution in [0, 0.1) is 0 Å². The molecular weight excluding hydrogens is 198 g/mol. The summed E-state index contributed by atoms with van der Waals surface area (Å²) in [6.07, 6.45) is 0. The number of hydrogen-bond acceptors (Lipinski definition) is 3. The predicted octanol–water partition coefficient (Wildman–Crippen LogP) is 0.733. The van der Waals surface area contributed by atoms with Crippen LogP contribution in [0.1, 0.15) is 27.7 Å². The maximum Gasteiger partial charge on any atom is 0.323 e. The van der Waals surface area contributed by atoms with Gasteiger partial charge < -0.3 is 14.7 Å². The third-order valence-electron chi connectivity index (χ3n) is 2.22. The molecule has 0 atom stereocenters. The minimum atomic E-state index is -1.02. The molecule has 0 aliphatic carbocycles. The molecule has 5 heteroatoms. The number of carboxylic acids is 1. The predicted molar refractivity (Wildman–Crippen MR) is 55.6 cm³/mol. The van der Waals surface area contributed by atoms with Crippen LogP contribution < -0.4 is 0 Å². The Balaban J connectivity index is 4.78. The van der Waals surface area contributed by atoms with E-state index in [1.807, 2.05) is 0 Å². The maximum absolute atomic E-state index is 11.9. The van der Waals surface area contributed by atoms with Gasteiger partial charge in [0.25, 0.3) is 5.91 Å². The van der Waals surface area contributed by atoms with E-state index in [4.69, 9.17) is 9.84 Å². The van der Waals surface area contributed by atoms with Crippen LogP contribution in [0.5, 0.6) is 0 Å². The number of rotatable bonds is 5. The number of amides is 1. The Hall–Kier alpha value is -1.10. The monoisotopic (exact) mass is 217 g/mol. The van der Waals surface area contributed by atoms with Crippen LogP contribution in [0.15, 0.2) is 0 Å². The first-order valence-corrected chi connectivity index (χ1v) is 4.80. The van der Waals surface area contributed by atoms with E-state index in [0.717, 1.165) is 0 Å². The molecule has 1 amide bonds. The number of hydrogen-bond donors (Lipinski definition) is 1. The van der Waals surface area contributed by atoms with Crippen molar-refractivity contribution in [3.8, 4) is 0 Å². The number of nitrogens with zero attached hydrogens (tertiary/aromatic N) is 1. The lowest BCUT2D eigenvalue weighted by atomic mass is 10.1. The van der Waals surface area contributed by atoms with Gasteiger partial charge in [0.2, 0.25) is 0 Å². The van der Waals surface area contributed by atoms with Crippen molar-refractivity contribution < 1.29 is 19.4 Å². The Bertz CT molecular complexity index is 248. The molecule has 5 nitrogen and oxygen atoms in total. The zero-order valence-corrected chi connectivity index (χ0v) is 9.90. The average Bonchev–Trinajstić information content (AvgIpc) is 2.12. The van der Waals surface area contributed by atoms with Gasteiger partial charge in [0.15, 0.2) is 0 Å². The highest BCUT2D eigenvalue weighted by molar-refractivity contribution is 5.87. The van der Waals surface area contributed by atoms with Gasteiger partial charge in [0.1, 0.15) is 12.1 Å². The highest BCUT2D eigenvalue weighted by atomic mass is 16.5. The average molecular weight is 217 g/mol. The molecule has 0 rings (SSSR count). The summed E-state index contributed by atoms with van der Waals surface area (Å²) in [6, 6.07) is -0.164. The van der Waals surface area contributed by atoms with E-state index in [2.05, 4.69) is 0 Å². The van der Waals surface area contributed by atoms with Gasteiger partial charge >= 0.3 is 5.97 Å². The van der Waals surface area contributed by atoms with E-state index < -0.39 is 11.6 Å². The zero-order chi connectivity index (χ0) is 12.2. The molecule has 15 heavy (non-hydrogen) atoms. The van der Waals surface area contributed by atoms with Crippen molar-refractivity contribution in [2.45, 2.75) is 39.3 Å². The Morgan fingerprint density at radius 1 is 1.40 bits per heavy atom. The molecule has 0 bridgehead atoms. The first-order valence-electron chi connectivity index (χ1n) is 4.80. The summed E-state index contributed by atoms with van der Waals surface area (Å²) in [4.78, 5) is 23.8. The molecular formula is C10H19NO4. The molecule has 88 valence electrons. The lowest BCUT2D eigenvalue weighted by Crippen LogP contribution is -2.51.